The molecule has 4 heteroatoms. The summed E-state index contributed by atoms with van der Waals surface area (Å²) in [4.78, 5) is 13.5. The lowest BCUT2D eigenvalue weighted by atomic mass is 10.1. The predicted molar refractivity (Wildman–Crippen MR) is 67.5 cm³/mol. The summed E-state index contributed by atoms with van der Waals surface area (Å²) in [5, 5.41) is 9.21. The van der Waals surface area contributed by atoms with Gasteiger partial charge >= 0.3 is 0 Å². The van der Waals surface area contributed by atoms with Crippen LogP contribution in [0.2, 0.25) is 0 Å². The van der Waals surface area contributed by atoms with Crippen molar-refractivity contribution in [2.45, 2.75) is 20.0 Å². The zero-order chi connectivity index (χ0) is 12.3. The second-order valence-electron chi connectivity index (χ2n) is 4.00. The van der Waals surface area contributed by atoms with Gasteiger partial charge in [-0.3, -0.25) is 4.79 Å². The number of likely N-dealkylation sites (N-methyl/N-ethyl adjacent to an activating group) is 1. The summed E-state index contributed by atoms with van der Waals surface area (Å²) >= 11 is 3.39. The molecule has 1 N–H and O–H groups in total. The van der Waals surface area contributed by atoms with Crippen LogP contribution in [0.1, 0.15) is 22.8 Å². The Labute approximate surface area is 104 Å². The summed E-state index contributed by atoms with van der Waals surface area (Å²) in [6.07, 6.45) is -0.511. The molecular formula is C12H16BrNO2. The molecule has 0 bridgehead atoms. The first-order chi connectivity index (χ1) is 7.41. The summed E-state index contributed by atoms with van der Waals surface area (Å²) < 4.78 is 0.920. The van der Waals surface area contributed by atoms with Gasteiger partial charge in [0.1, 0.15) is 0 Å². The minimum Gasteiger partial charge on any atom is -0.392 e. The fourth-order valence-electron chi connectivity index (χ4n) is 1.43. The molecule has 1 aromatic carbocycles. The Bertz CT molecular complexity index is 391. The number of amides is 1. The van der Waals surface area contributed by atoms with E-state index in [9.17, 15) is 9.90 Å². The molecule has 0 aliphatic heterocycles. The van der Waals surface area contributed by atoms with Crippen LogP contribution in [0.3, 0.4) is 0 Å². The number of hydrogen-bond acceptors (Lipinski definition) is 2. The molecular weight excluding hydrogens is 270 g/mol. The first-order valence-electron chi connectivity index (χ1n) is 5.11. The third-order valence-electron chi connectivity index (χ3n) is 2.30. The monoisotopic (exact) mass is 285 g/mol. The van der Waals surface area contributed by atoms with Gasteiger partial charge in [0.15, 0.2) is 0 Å². The molecule has 16 heavy (non-hydrogen) atoms. The van der Waals surface area contributed by atoms with E-state index in [1.54, 1.807) is 26.1 Å². The van der Waals surface area contributed by atoms with E-state index in [0.717, 1.165) is 10.0 Å². The standard InChI is InChI=1S/C12H16BrNO2/c1-8-4-5-10(6-11(8)13)12(16)14(3)7-9(2)15/h4-6,9,15H,7H2,1-3H3. The minimum atomic E-state index is -0.511. The molecule has 0 heterocycles. The summed E-state index contributed by atoms with van der Waals surface area (Å²) in [6, 6.07) is 5.49. The average Bonchev–Trinajstić information content (AvgIpc) is 2.20. The Morgan fingerprint density at radius 3 is 2.69 bits per heavy atom. The molecule has 0 saturated heterocycles. The molecule has 3 nitrogen and oxygen atoms in total. The van der Waals surface area contributed by atoms with E-state index in [-0.39, 0.29) is 5.91 Å². The van der Waals surface area contributed by atoms with Gasteiger partial charge in [-0.15, -0.1) is 0 Å². The van der Waals surface area contributed by atoms with Crippen LogP contribution >= 0.6 is 15.9 Å². The molecule has 88 valence electrons. The molecule has 0 aliphatic rings. The van der Waals surface area contributed by atoms with Gasteiger partial charge in [-0.1, -0.05) is 22.0 Å². The highest BCUT2D eigenvalue weighted by atomic mass is 79.9. The number of halogens is 1. The quantitative estimate of drug-likeness (QED) is 0.925. The van der Waals surface area contributed by atoms with E-state index in [0.29, 0.717) is 12.1 Å². The van der Waals surface area contributed by atoms with Gasteiger partial charge in [0, 0.05) is 23.6 Å². The van der Waals surface area contributed by atoms with Crippen molar-refractivity contribution in [2.75, 3.05) is 13.6 Å². The molecule has 1 unspecified atom stereocenters. The highest BCUT2D eigenvalue weighted by Crippen LogP contribution is 2.18. The second-order valence-corrected chi connectivity index (χ2v) is 4.85. The molecule has 0 saturated carbocycles. The van der Waals surface area contributed by atoms with Crippen molar-refractivity contribution in [3.8, 4) is 0 Å². The smallest absolute Gasteiger partial charge is 0.253 e. The highest BCUT2D eigenvalue weighted by molar-refractivity contribution is 9.10. The van der Waals surface area contributed by atoms with Gasteiger partial charge in [-0.25, -0.2) is 0 Å². The summed E-state index contributed by atoms with van der Waals surface area (Å²) in [5.74, 6) is -0.0819. The first-order valence-corrected chi connectivity index (χ1v) is 5.90. The molecule has 1 rings (SSSR count). The van der Waals surface area contributed by atoms with Crippen molar-refractivity contribution >= 4 is 21.8 Å². The highest BCUT2D eigenvalue weighted by Gasteiger charge is 2.13. The van der Waals surface area contributed by atoms with E-state index in [4.69, 9.17) is 0 Å². The minimum absolute atomic E-state index is 0.0819. The van der Waals surface area contributed by atoms with E-state index in [1.165, 1.54) is 4.90 Å². The number of hydrogen-bond donors (Lipinski definition) is 1. The Morgan fingerprint density at radius 1 is 1.56 bits per heavy atom. The summed E-state index contributed by atoms with van der Waals surface area (Å²) in [6.45, 7) is 3.97. The van der Waals surface area contributed by atoms with E-state index in [1.807, 2.05) is 13.0 Å². The lowest BCUT2D eigenvalue weighted by Crippen LogP contribution is -2.33. The van der Waals surface area contributed by atoms with Crippen molar-refractivity contribution in [1.82, 2.24) is 4.90 Å². The summed E-state index contributed by atoms with van der Waals surface area (Å²) in [7, 11) is 1.68. The van der Waals surface area contributed by atoms with Crippen LogP contribution in [0.4, 0.5) is 0 Å². The van der Waals surface area contributed by atoms with Gasteiger partial charge in [0.05, 0.1) is 6.10 Å². The van der Waals surface area contributed by atoms with Crippen LogP contribution in [0.5, 0.6) is 0 Å². The summed E-state index contributed by atoms with van der Waals surface area (Å²) in [5.41, 5.74) is 1.72. The van der Waals surface area contributed by atoms with Crippen molar-refractivity contribution in [3.05, 3.63) is 33.8 Å². The topological polar surface area (TPSA) is 40.5 Å². The Morgan fingerprint density at radius 2 is 2.19 bits per heavy atom. The maximum absolute atomic E-state index is 11.9. The maximum Gasteiger partial charge on any atom is 0.253 e. The average molecular weight is 286 g/mol. The molecule has 1 atom stereocenters. The van der Waals surface area contributed by atoms with Crippen molar-refractivity contribution in [1.29, 1.82) is 0 Å². The number of nitrogens with zero attached hydrogens (tertiary/aromatic N) is 1. The van der Waals surface area contributed by atoms with E-state index >= 15 is 0 Å². The zero-order valence-corrected chi connectivity index (χ0v) is 11.3. The van der Waals surface area contributed by atoms with Gasteiger partial charge < -0.3 is 10.0 Å². The third-order valence-corrected chi connectivity index (χ3v) is 3.16. The van der Waals surface area contributed by atoms with Gasteiger partial charge in [-0.2, -0.15) is 0 Å². The van der Waals surface area contributed by atoms with Crippen LogP contribution in [0.15, 0.2) is 22.7 Å². The molecule has 1 aromatic rings. The SMILES string of the molecule is Cc1ccc(C(=O)N(C)CC(C)O)cc1Br. The van der Waals surface area contributed by atoms with Crippen LogP contribution in [-0.2, 0) is 0 Å². The maximum atomic E-state index is 11.9. The largest absolute Gasteiger partial charge is 0.392 e. The van der Waals surface area contributed by atoms with E-state index in [2.05, 4.69) is 15.9 Å². The zero-order valence-electron chi connectivity index (χ0n) is 9.70. The fraction of sp³-hybridized carbons (Fsp3) is 0.417. The normalized spacial score (nSPS) is 12.3. The van der Waals surface area contributed by atoms with E-state index < -0.39 is 6.10 Å². The molecule has 0 aromatic heterocycles. The Hall–Kier alpha value is -0.870. The lowest BCUT2D eigenvalue weighted by Gasteiger charge is -2.19. The van der Waals surface area contributed by atoms with Crippen LogP contribution < -0.4 is 0 Å². The lowest BCUT2D eigenvalue weighted by molar-refractivity contribution is 0.0703. The van der Waals surface area contributed by atoms with Crippen molar-refractivity contribution in [3.63, 3.8) is 0 Å². The van der Waals surface area contributed by atoms with Crippen LogP contribution in [0, 0.1) is 6.92 Å². The van der Waals surface area contributed by atoms with Gasteiger partial charge in [0.2, 0.25) is 0 Å². The number of carbonyl (C=O) groups is 1. The van der Waals surface area contributed by atoms with Gasteiger partial charge in [0.25, 0.3) is 5.91 Å². The molecule has 0 fully saturated rings. The van der Waals surface area contributed by atoms with Crippen molar-refractivity contribution in [2.24, 2.45) is 0 Å². The van der Waals surface area contributed by atoms with Crippen LogP contribution in [0.25, 0.3) is 0 Å². The fourth-order valence-corrected chi connectivity index (χ4v) is 1.80. The molecule has 1 amide bonds. The molecule has 0 spiro atoms. The second kappa shape index (κ2) is 5.46. The number of rotatable bonds is 3. The first kappa shape index (κ1) is 13.2. The number of carbonyl (C=O) groups excluding carboxylic acids is 1. The molecule has 0 aliphatic carbocycles. The molecule has 0 radical (unpaired) electrons. The Kier molecular flexibility index (Phi) is 4.50. The predicted octanol–water partition coefficient (Wildman–Crippen LogP) is 2.21. The van der Waals surface area contributed by atoms with Crippen molar-refractivity contribution < 1.29 is 9.90 Å². The van der Waals surface area contributed by atoms with Crippen LogP contribution in [-0.4, -0.2) is 35.6 Å². The Balaban J connectivity index is 2.84. The number of benzene rings is 1. The number of aliphatic hydroxyl groups is 1. The number of aliphatic hydroxyl groups excluding tert-OH is 1. The van der Waals surface area contributed by atoms with Gasteiger partial charge in [-0.05, 0) is 31.5 Å². The third kappa shape index (κ3) is 3.32. The number of aryl methyl sites for hydroxylation is 1.